The van der Waals surface area contributed by atoms with Crippen molar-refractivity contribution in [3.05, 3.63) is 63.4 Å². The molecule has 5 heteroatoms. The molecular weight excluding hydrogens is 339 g/mol. The number of nitrogens with two attached hydrogens (primary N) is 1. The van der Waals surface area contributed by atoms with E-state index in [1.54, 1.807) is 12.1 Å². The molecule has 0 saturated carbocycles. The molecule has 20 heavy (non-hydrogen) atoms. The van der Waals surface area contributed by atoms with Crippen molar-refractivity contribution in [2.45, 2.75) is 13.5 Å². The molecular formula is C15H14BrFN2S. The number of nitrogens with one attached hydrogen (secondary N) is 1. The number of aryl methyl sites for hydroxylation is 1. The molecule has 2 aromatic rings. The monoisotopic (exact) mass is 352 g/mol. The molecule has 104 valence electrons. The highest BCUT2D eigenvalue weighted by atomic mass is 79.9. The molecule has 0 unspecified atom stereocenters. The molecule has 0 aliphatic rings. The van der Waals surface area contributed by atoms with Gasteiger partial charge >= 0.3 is 0 Å². The predicted molar refractivity (Wildman–Crippen MR) is 88.5 cm³/mol. The highest BCUT2D eigenvalue weighted by Gasteiger charge is 2.12. The first-order valence-corrected chi connectivity index (χ1v) is 7.26. The predicted octanol–water partition coefficient (Wildman–Crippen LogP) is 4.14. The van der Waals surface area contributed by atoms with E-state index in [4.69, 9.17) is 18.0 Å². The van der Waals surface area contributed by atoms with Gasteiger partial charge in [0.05, 0.1) is 10.2 Å². The molecule has 0 radical (unpaired) electrons. The Morgan fingerprint density at radius 3 is 2.50 bits per heavy atom. The highest BCUT2D eigenvalue weighted by molar-refractivity contribution is 9.10. The van der Waals surface area contributed by atoms with Gasteiger partial charge in [0.2, 0.25) is 0 Å². The summed E-state index contributed by atoms with van der Waals surface area (Å²) >= 11 is 8.05. The van der Waals surface area contributed by atoms with Crippen LogP contribution in [0.2, 0.25) is 0 Å². The average Bonchev–Trinajstić information content (AvgIpc) is 2.42. The van der Waals surface area contributed by atoms with E-state index in [1.165, 1.54) is 5.56 Å². The van der Waals surface area contributed by atoms with Crippen LogP contribution in [0.25, 0.3) is 0 Å². The highest BCUT2D eigenvalue weighted by Crippen LogP contribution is 2.27. The van der Waals surface area contributed by atoms with E-state index in [9.17, 15) is 4.39 Å². The number of benzene rings is 2. The van der Waals surface area contributed by atoms with E-state index in [2.05, 4.69) is 21.2 Å². The van der Waals surface area contributed by atoms with Crippen LogP contribution in [0, 0.1) is 12.7 Å². The Balaban J connectivity index is 2.16. The summed E-state index contributed by atoms with van der Waals surface area (Å²) in [5.74, 6) is -0.387. The van der Waals surface area contributed by atoms with Crippen LogP contribution in [0.1, 0.15) is 16.7 Å². The lowest BCUT2D eigenvalue weighted by atomic mass is 10.1. The van der Waals surface area contributed by atoms with Gasteiger partial charge in [0.1, 0.15) is 4.99 Å². The summed E-state index contributed by atoms with van der Waals surface area (Å²) in [6.07, 6.45) is 0. The molecule has 0 bridgehead atoms. The van der Waals surface area contributed by atoms with Crippen molar-refractivity contribution < 1.29 is 4.39 Å². The Morgan fingerprint density at radius 1 is 1.25 bits per heavy atom. The lowest BCUT2D eigenvalue weighted by Gasteiger charge is -2.11. The third kappa shape index (κ3) is 3.35. The van der Waals surface area contributed by atoms with Gasteiger partial charge in [-0.3, -0.25) is 0 Å². The van der Waals surface area contributed by atoms with Gasteiger partial charge in [-0.25, -0.2) is 4.39 Å². The first-order chi connectivity index (χ1) is 9.49. The maximum atomic E-state index is 14.2. The molecule has 2 aromatic carbocycles. The Morgan fingerprint density at radius 2 is 1.90 bits per heavy atom. The van der Waals surface area contributed by atoms with Crippen LogP contribution in [-0.2, 0) is 6.54 Å². The lowest BCUT2D eigenvalue weighted by Crippen LogP contribution is -2.12. The van der Waals surface area contributed by atoms with Crippen molar-refractivity contribution in [1.29, 1.82) is 0 Å². The van der Waals surface area contributed by atoms with Crippen molar-refractivity contribution in [2.24, 2.45) is 5.73 Å². The molecule has 2 rings (SSSR count). The maximum absolute atomic E-state index is 14.2. The average molecular weight is 353 g/mol. The van der Waals surface area contributed by atoms with E-state index < -0.39 is 0 Å². The fourth-order valence-corrected chi connectivity index (χ4v) is 2.64. The summed E-state index contributed by atoms with van der Waals surface area (Å²) in [7, 11) is 0. The van der Waals surface area contributed by atoms with Crippen LogP contribution < -0.4 is 11.1 Å². The minimum Gasteiger partial charge on any atom is -0.389 e. The van der Waals surface area contributed by atoms with Crippen LogP contribution in [0.4, 0.5) is 10.1 Å². The number of anilines is 1. The third-order valence-corrected chi connectivity index (χ3v) is 3.95. The summed E-state index contributed by atoms with van der Waals surface area (Å²) in [4.78, 5) is 0.167. The zero-order chi connectivity index (χ0) is 14.7. The van der Waals surface area contributed by atoms with Crippen LogP contribution >= 0.6 is 28.1 Å². The van der Waals surface area contributed by atoms with Gasteiger partial charge in [-0.15, -0.1) is 0 Å². The SMILES string of the molecule is Cc1ccc(CNc2ccc(C(N)=S)c(Br)c2F)cc1. The molecule has 0 aromatic heterocycles. The van der Waals surface area contributed by atoms with Gasteiger partial charge in [-0.05, 0) is 40.5 Å². The third-order valence-electron chi connectivity index (χ3n) is 2.95. The maximum Gasteiger partial charge on any atom is 0.161 e. The van der Waals surface area contributed by atoms with Gasteiger partial charge in [-0.2, -0.15) is 0 Å². The summed E-state index contributed by atoms with van der Waals surface area (Å²) in [6, 6.07) is 11.4. The van der Waals surface area contributed by atoms with E-state index >= 15 is 0 Å². The first kappa shape index (κ1) is 14.9. The van der Waals surface area contributed by atoms with E-state index in [0.29, 0.717) is 22.3 Å². The summed E-state index contributed by atoms with van der Waals surface area (Å²) in [5, 5.41) is 3.07. The summed E-state index contributed by atoms with van der Waals surface area (Å²) in [6.45, 7) is 2.58. The van der Waals surface area contributed by atoms with Crippen molar-refractivity contribution in [2.75, 3.05) is 5.32 Å². The minimum atomic E-state index is -0.387. The van der Waals surface area contributed by atoms with Crippen LogP contribution in [-0.4, -0.2) is 4.99 Å². The molecule has 0 heterocycles. The van der Waals surface area contributed by atoms with Crippen molar-refractivity contribution in [3.63, 3.8) is 0 Å². The quantitative estimate of drug-likeness (QED) is 0.812. The topological polar surface area (TPSA) is 38.0 Å². The molecule has 0 aliphatic heterocycles. The zero-order valence-electron chi connectivity index (χ0n) is 10.9. The molecule has 0 aliphatic carbocycles. The number of rotatable bonds is 4. The molecule has 0 saturated heterocycles. The standard InChI is InChI=1S/C15H14BrFN2S/c1-9-2-4-10(5-3-9)8-19-12-7-6-11(15(18)20)13(16)14(12)17/h2-7,19H,8H2,1H3,(H2,18,20). The van der Waals surface area contributed by atoms with Crippen LogP contribution in [0.3, 0.4) is 0 Å². The van der Waals surface area contributed by atoms with Crippen molar-refractivity contribution in [3.8, 4) is 0 Å². The van der Waals surface area contributed by atoms with Crippen molar-refractivity contribution in [1.82, 2.24) is 0 Å². The van der Waals surface area contributed by atoms with Gasteiger partial charge in [-0.1, -0.05) is 42.0 Å². The van der Waals surface area contributed by atoms with E-state index in [-0.39, 0.29) is 10.8 Å². The van der Waals surface area contributed by atoms with Gasteiger partial charge in [0, 0.05) is 12.1 Å². The number of halogens is 2. The largest absolute Gasteiger partial charge is 0.389 e. The van der Waals surface area contributed by atoms with Gasteiger partial charge in [0.15, 0.2) is 5.82 Å². The summed E-state index contributed by atoms with van der Waals surface area (Å²) in [5.41, 5.74) is 8.73. The molecule has 0 fully saturated rings. The lowest BCUT2D eigenvalue weighted by molar-refractivity contribution is 0.623. The molecule has 2 nitrogen and oxygen atoms in total. The Bertz CT molecular complexity index is 641. The second kappa shape index (κ2) is 6.33. The van der Waals surface area contributed by atoms with E-state index in [1.807, 2.05) is 31.2 Å². The second-order valence-corrected chi connectivity index (χ2v) is 5.72. The van der Waals surface area contributed by atoms with E-state index in [0.717, 1.165) is 5.56 Å². The van der Waals surface area contributed by atoms with Crippen molar-refractivity contribution >= 4 is 38.8 Å². The zero-order valence-corrected chi connectivity index (χ0v) is 13.3. The fourth-order valence-electron chi connectivity index (χ4n) is 1.78. The smallest absolute Gasteiger partial charge is 0.161 e. The molecule has 0 spiro atoms. The first-order valence-electron chi connectivity index (χ1n) is 6.06. The second-order valence-electron chi connectivity index (χ2n) is 4.49. The minimum absolute atomic E-state index is 0.167. The van der Waals surface area contributed by atoms with Crippen LogP contribution in [0.5, 0.6) is 0 Å². The number of thiocarbonyl (C=S) groups is 1. The molecule has 0 amide bonds. The number of hydrogen-bond acceptors (Lipinski definition) is 2. The van der Waals surface area contributed by atoms with Gasteiger partial charge in [0.25, 0.3) is 0 Å². The summed E-state index contributed by atoms with van der Waals surface area (Å²) < 4.78 is 14.5. The Hall–Kier alpha value is -1.46. The van der Waals surface area contributed by atoms with Crippen LogP contribution in [0.15, 0.2) is 40.9 Å². The molecule has 0 atom stereocenters. The number of hydrogen-bond donors (Lipinski definition) is 2. The normalized spacial score (nSPS) is 10.3. The fraction of sp³-hybridized carbons (Fsp3) is 0.133. The Kier molecular flexibility index (Phi) is 4.73. The Labute approximate surface area is 131 Å². The van der Waals surface area contributed by atoms with Gasteiger partial charge < -0.3 is 11.1 Å². The molecule has 3 N–H and O–H groups in total.